The van der Waals surface area contributed by atoms with E-state index in [0.29, 0.717) is 5.92 Å². The maximum atomic E-state index is 10.9. The van der Waals surface area contributed by atoms with Gasteiger partial charge in [-0.05, 0) is 47.6 Å². The summed E-state index contributed by atoms with van der Waals surface area (Å²) in [6.07, 6.45) is 4.04. The third-order valence-corrected chi connectivity index (χ3v) is 5.07. The summed E-state index contributed by atoms with van der Waals surface area (Å²) in [6.45, 7) is 11.2. The summed E-state index contributed by atoms with van der Waals surface area (Å²) in [6, 6.07) is 8.83. The standard InChI is InChI=1S/C19H30O/c1-14-10-11-19(20,15(2)12-14)13-16-6-8-17(9-7-16)18(3,4)5/h6-9,14-15,20H,10-13H2,1-5H3. The van der Waals surface area contributed by atoms with E-state index in [9.17, 15) is 5.11 Å². The third-order valence-electron chi connectivity index (χ3n) is 5.07. The lowest BCUT2D eigenvalue weighted by atomic mass is 9.70. The molecular formula is C19H30O. The van der Waals surface area contributed by atoms with Crippen LogP contribution in [0.15, 0.2) is 24.3 Å². The zero-order valence-electron chi connectivity index (χ0n) is 13.7. The largest absolute Gasteiger partial charge is 0.389 e. The molecule has 1 aliphatic rings. The molecule has 1 heteroatoms. The molecule has 0 radical (unpaired) electrons. The maximum absolute atomic E-state index is 10.9. The zero-order chi connectivity index (χ0) is 15.0. The molecule has 0 saturated heterocycles. The fourth-order valence-corrected chi connectivity index (χ4v) is 3.42. The molecule has 1 nitrogen and oxygen atoms in total. The van der Waals surface area contributed by atoms with Crippen LogP contribution < -0.4 is 0 Å². The van der Waals surface area contributed by atoms with Crippen molar-refractivity contribution in [2.45, 2.75) is 71.3 Å². The number of rotatable bonds is 2. The summed E-state index contributed by atoms with van der Waals surface area (Å²) in [7, 11) is 0. The molecule has 0 aliphatic heterocycles. The molecule has 0 bridgehead atoms. The van der Waals surface area contributed by atoms with E-state index < -0.39 is 5.60 Å². The Balaban J connectivity index is 2.10. The van der Waals surface area contributed by atoms with Gasteiger partial charge in [0.25, 0.3) is 0 Å². The Morgan fingerprint density at radius 3 is 2.25 bits per heavy atom. The lowest BCUT2D eigenvalue weighted by Crippen LogP contribution is -2.43. The van der Waals surface area contributed by atoms with Gasteiger partial charge in [0.15, 0.2) is 0 Å². The van der Waals surface area contributed by atoms with Crippen LogP contribution in [0.1, 0.15) is 65.0 Å². The molecule has 1 aliphatic carbocycles. The monoisotopic (exact) mass is 274 g/mol. The van der Waals surface area contributed by atoms with Crippen LogP contribution in [0.3, 0.4) is 0 Å². The second-order valence-corrected chi connectivity index (χ2v) is 8.01. The normalized spacial score (nSPS) is 31.3. The lowest BCUT2D eigenvalue weighted by molar-refractivity contribution is -0.0522. The molecule has 0 aromatic heterocycles. The summed E-state index contributed by atoms with van der Waals surface area (Å²) in [5.41, 5.74) is 2.32. The molecule has 0 heterocycles. The first-order valence-corrected chi connectivity index (χ1v) is 8.02. The van der Waals surface area contributed by atoms with Gasteiger partial charge in [-0.2, -0.15) is 0 Å². The summed E-state index contributed by atoms with van der Waals surface area (Å²) in [5.74, 6) is 1.15. The van der Waals surface area contributed by atoms with Crippen LogP contribution in [0.2, 0.25) is 0 Å². The van der Waals surface area contributed by atoms with Crippen molar-refractivity contribution in [3.63, 3.8) is 0 Å². The lowest BCUT2D eigenvalue weighted by Gasteiger charge is -2.41. The van der Waals surface area contributed by atoms with E-state index in [4.69, 9.17) is 0 Å². The summed E-state index contributed by atoms with van der Waals surface area (Å²) in [5, 5.41) is 10.9. The van der Waals surface area contributed by atoms with E-state index in [0.717, 1.165) is 31.6 Å². The van der Waals surface area contributed by atoms with Crippen LogP contribution in [0.25, 0.3) is 0 Å². The van der Waals surface area contributed by atoms with Crippen molar-refractivity contribution >= 4 is 0 Å². The zero-order valence-corrected chi connectivity index (χ0v) is 13.7. The van der Waals surface area contributed by atoms with E-state index in [1.165, 1.54) is 11.1 Å². The van der Waals surface area contributed by atoms with E-state index >= 15 is 0 Å². The Hall–Kier alpha value is -0.820. The highest BCUT2D eigenvalue weighted by molar-refractivity contribution is 5.28. The van der Waals surface area contributed by atoms with Gasteiger partial charge in [-0.3, -0.25) is 0 Å². The topological polar surface area (TPSA) is 20.2 Å². The van der Waals surface area contributed by atoms with Crippen molar-refractivity contribution in [1.29, 1.82) is 0 Å². The van der Waals surface area contributed by atoms with Crippen LogP contribution in [0.5, 0.6) is 0 Å². The Labute approximate surface area is 124 Å². The molecule has 1 aromatic carbocycles. The second kappa shape index (κ2) is 5.52. The summed E-state index contributed by atoms with van der Waals surface area (Å²) in [4.78, 5) is 0. The van der Waals surface area contributed by atoms with E-state index in [2.05, 4.69) is 58.9 Å². The van der Waals surface area contributed by atoms with E-state index in [1.807, 2.05) is 0 Å². The number of hydrogen-bond acceptors (Lipinski definition) is 1. The SMILES string of the molecule is CC1CCC(O)(Cc2ccc(C(C)(C)C)cc2)C(C)C1. The van der Waals surface area contributed by atoms with Crippen LogP contribution >= 0.6 is 0 Å². The van der Waals surface area contributed by atoms with Crippen molar-refractivity contribution in [3.05, 3.63) is 35.4 Å². The van der Waals surface area contributed by atoms with Crippen molar-refractivity contribution in [2.24, 2.45) is 11.8 Å². The van der Waals surface area contributed by atoms with Gasteiger partial charge in [-0.1, -0.05) is 58.9 Å². The fraction of sp³-hybridized carbons (Fsp3) is 0.684. The molecule has 1 N–H and O–H groups in total. The predicted molar refractivity (Wildman–Crippen MR) is 86.0 cm³/mol. The van der Waals surface area contributed by atoms with Crippen molar-refractivity contribution < 1.29 is 5.11 Å². The first-order valence-electron chi connectivity index (χ1n) is 8.02. The molecule has 3 unspecified atom stereocenters. The molecule has 1 aromatic rings. The minimum Gasteiger partial charge on any atom is -0.389 e. The van der Waals surface area contributed by atoms with E-state index in [-0.39, 0.29) is 5.41 Å². The molecule has 20 heavy (non-hydrogen) atoms. The second-order valence-electron chi connectivity index (χ2n) is 8.01. The van der Waals surface area contributed by atoms with Crippen LogP contribution in [-0.2, 0) is 11.8 Å². The molecule has 1 saturated carbocycles. The maximum Gasteiger partial charge on any atom is 0.0713 e. The van der Waals surface area contributed by atoms with Crippen LogP contribution in [0.4, 0.5) is 0 Å². The Bertz CT molecular complexity index is 440. The van der Waals surface area contributed by atoms with Gasteiger partial charge in [0.2, 0.25) is 0 Å². The highest BCUT2D eigenvalue weighted by atomic mass is 16.3. The average molecular weight is 274 g/mol. The minimum absolute atomic E-state index is 0.197. The first-order chi connectivity index (χ1) is 9.21. The van der Waals surface area contributed by atoms with Gasteiger partial charge in [-0.25, -0.2) is 0 Å². The molecule has 0 spiro atoms. The summed E-state index contributed by atoms with van der Waals surface area (Å²) < 4.78 is 0. The van der Waals surface area contributed by atoms with Crippen molar-refractivity contribution in [1.82, 2.24) is 0 Å². The van der Waals surface area contributed by atoms with Gasteiger partial charge >= 0.3 is 0 Å². The van der Waals surface area contributed by atoms with Gasteiger partial charge in [0.1, 0.15) is 0 Å². The number of benzene rings is 1. The van der Waals surface area contributed by atoms with Crippen molar-refractivity contribution in [3.8, 4) is 0 Å². The average Bonchev–Trinajstić information content (AvgIpc) is 2.34. The third kappa shape index (κ3) is 3.44. The fourth-order valence-electron chi connectivity index (χ4n) is 3.42. The highest BCUT2D eigenvalue weighted by Crippen LogP contribution is 2.39. The molecular weight excluding hydrogens is 244 g/mol. The first kappa shape index (κ1) is 15.6. The molecule has 0 amide bonds. The Morgan fingerprint density at radius 2 is 1.75 bits per heavy atom. The molecule has 112 valence electrons. The van der Waals surface area contributed by atoms with Gasteiger partial charge < -0.3 is 5.11 Å². The van der Waals surface area contributed by atoms with Gasteiger partial charge in [0.05, 0.1) is 5.60 Å². The predicted octanol–water partition coefficient (Wildman–Crippen LogP) is 4.71. The van der Waals surface area contributed by atoms with Crippen LogP contribution in [-0.4, -0.2) is 10.7 Å². The van der Waals surface area contributed by atoms with Crippen LogP contribution in [0, 0.1) is 11.8 Å². The van der Waals surface area contributed by atoms with Gasteiger partial charge in [0, 0.05) is 6.42 Å². The quantitative estimate of drug-likeness (QED) is 0.827. The number of aliphatic hydroxyl groups is 1. The molecule has 2 rings (SSSR count). The van der Waals surface area contributed by atoms with Gasteiger partial charge in [-0.15, -0.1) is 0 Å². The number of hydrogen-bond donors (Lipinski definition) is 1. The Kier molecular flexibility index (Phi) is 4.30. The molecule has 3 atom stereocenters. The summed E-state index contributed by atoms with van der Waals surface area (Å²) >= 11 is 0. The molecule has 1 fully saturated rings. The van der Waals surface area contributed by atoms with E-state index in [1.54, 1.807) is 0 Å². The minimum atomic E-state index is -0.504. The highest BCUT2D eigenvalue weighted by Gasteiger charge is 2.38. The smallest absolute Gasteiger partial charge is 0.0713 e. The Morgan fingerprint density at radius 1 is 1.15 bits per heavy atom. The van der Waals surface area contributed by atoms with Crippen molar-refractivity contribution in [2.75, 3.05) is 0 Å².